The number of halogens is 2. The van der Waals surface area contributed by atoms with E-state index in [0.717, 1.165) is 6.26 Å². The number of sulfone groups is 1. The first-order valence-corrected chi connectivity index (χ1v) is 8.08. The molecule has 0 spiro atoms. The van der Waals surface area contributed by atoms with Crippen LogP contribution in [0.5, 0.6) is 0 Å². The van der Waals surface area contributed by atoms with E-state index in [4.69, 9.17) is 11.6 Å². The molecule has 0 bridgehead atoms. The zero-order chi connectivity index (χ0) is 14.1. The van der Waals surface area contributed by atoms with E-state index < -0.39 is 20.5 Å². The number of benzene rings is 1. The van der Waals surface area contributed by atoms with Gasteiger partial charge in [0.2, 0.25) is 5.91 Å². The fourth-order valence-electron chi connectivity index (χ4n) is 1.02. The Hall–Kier alpha value is -0.590. The van der Waals surface area contributed by atoms with Crippen LogP contribution in [0.4, 0.5) is 5.69 Å². The van der Waals surface area contributed by atoms with Gasteiger partial charge in [-0.05, 0) is 48.0 Å². The smallest absolute Gasteiger partial charge is 0.245 e. The van der Waals surface area contributed by atoms with E-state index in [9.17, 15) is 13.2 Å². The van der Waals surface area contributed by atoms with Crippen LogP contribution in [0.3, 0.4) is 0 Å². The first kappa shape index (κ1) is 15.5. The molecular formula is C11H13BrClNO3S. The van der Waals surface area contributed by atoms with Gasteiger partial charge in [-0.3, -0.25) is 4.79 Å². The third kappa shape index (κ3) is 3.24. The molecule has 0 heterocycles. The number of hydrogen-bond donors (Lipinski definition) is 1. The Balaban J connectivity index is 2.99. The Kier molecular flexibility index (Phi) is 4.46. The maximum absolute atomic E-state index is 11.9. The van der Waals surface area contributed by atoms with E-state index in [-0.39, 0.29) is 0 Å². The largest absolute Gasteiger partial charge is 0.325 e. The lowest BCUT2D eigenvalue weighted by molar-refractivity contribution is -0.117. The molecule has 0 fully saturated rings. The summed E-state index contributed by atoms with van der Waals surface area (Å²) >= 11 is 9.11. The highest BCUT2D eigenvalue weighted by atomic mass is 79.9. The second kappa shape index (κ2) is 5.19. The third-order valence-electron chi connectivity index (χ3n) is 2.65. The van der Waals surface area contributed by atoms with E-state index in [0.29, 0.717) is 15.2 Å². The van der Waals surface area contributed by atoms with Gasteiger partial charge in [0.1, 0.15) is 4.75 Å². The van der Waals surface area contributed by atoms with Crippen LogP contribution >= 0.6 is 27.5 Å². The molecule has 1 aromatic carbocycles. The van der Waals surface area contributed by atoms with Crippen LogP contribution in [0.1, 0.15) is 13.8 Å². The highest BCUT2D eigenvalue weighted by Crippen LogP contribution is 2.26. The summed E-state index contributed by atoms with van der Waals surface area (Å²) in [6, 6.07) is 4.85. The lowest BCUT2D eigenvalue weighted by Crippen LogP contribution is -2.43. The minimum atomic E-state index is -3.49. The van der Waals surface area contributed by atoms with Crippen LogP contribution in [0.15, 0.2) is 22.7 Å². The van der Waals surface area contributed by atoms with Gasteiger partial charge in [-0.2, -0.15) is 0 Å². The second-order valence-corrected chi connectivity index (χ2v) is 8.19. The van der Waals surface area contributed by atoms with E-state index in [1.165, 1.54) is 13.8 Å². The van der Waals surface area contributed by atoms with E-state index in [2.05, 4.69) is 21.2 Å². The molecule has 0 atom stereocenters. The summed E-state index contributed by atoms with van der Waals surface area (Å²) in [5, 5.41) is 2.97. The highest BCUT2D eigenvalue weighted by Gasteiger charge is 2.38. The Labute approximate surface area is 120 Å². The van der Waals surface area contributed by atoms with Crippen molar-refractivity contribution >= 4 is 49.0 Å². The van der Waals surface area contributed by atoms with Crippen molar-refractivity contribution in [2.75, 3.05) is 11.6 Å². The first-order valence-electron chi connectivity index (χ1n) is 5.02. The number of anilines is 1. The average molecular weight is 355 g/mol. The Morgan fingerprint density at radius 1 is 1.39 bits per heavy atom. The number of nitrogens with one attached hydrogen (secondary N) is 1. The Morgan fingerprint density at radius 2 is 1.94 bits per heavy atom. The molecule has 1 aromatic rings. The quantitative estimate of drug-likeness (QED) is 0.908. The van der Waals surface area contributed by atoms with Crippen molar-refractivity contribution in [3.63, 3.8) is 0 Å². The van der Waals surface area contributed by atoms with E-state index in [1.807, 2.05) is 0 Å². The molecule has 0 aliphatic rings. The van der Waals surface area contributed by atoms with Crippen molar-refractivity contribution in [2.24, 2.45) is 0 Å². The molecule has 0 saturated heterocycles. The first-order chi connectivity index (χ1) is 8.05. The van der Waals surface area contributed by atoms with E-state index in [1.54, 1.807) is 18.2 Å². The highest BCUT2D eigenvalue weighted by molar-refractivity contribution is 9.10. The third-order valence-corrected chi connectivity index (χ3v) is 5.92. The molecule has 1 rings (SSSR count). The summed E-state index contributed by atoms with van der Waals surface area (Å²) in [7, 11) is -3.49. The summed E-state index contributed by atoms with van der Waals surface area (Å²) in [4.78, 5) is 11.9. The zero-order valence-electron chi connectivity index (χ0n) is 10.1. The normalized spacial score (nSPS) is 12.3. The molecule has 0 radical (unpaired) electrons. The van der Waals surface area contributed by atoms with Gasteiger partial charge >= 0.3 is 0 Å². The topological polar surface area (TPSA) is 63.2 Å². The summed E-state index contributed by atoms with van der Waals surface area (Å²) < 4.78 is 22.2. The second-order valence-electron chi connectivity index (χ2n) is 4.37. The molecule has 0 aliphatic heterocycles. The SMILES string of the molecule is CC(C)(C(=O)Nc1ccc(Br)c(Cl)c1)S(C)(=O)=O. The van der Waals surface area contributed by atoms with Gasteiger partial charge in [-0.15, -0.1) is 0 Å². The molecule has 0 aliphatic carbocycles. The summed E-state index contributed by atoms with van der Waals surface area (Å²) in [6.45, 7) is 2.72. The summed E-state index contributed by atoms with van der Waals surface area (Å²) in [5.74, 6) is -0.594. The molecule has 0 saturated carbocycles. The molecule has 1 amide bonds. The van der Waals surface area contributed by atoms with Crippen LogP contribution < -0.4 is 5.32 Å². The van der Waals surface area contributed by atoms with Gasteiger partial charge < -0.3 is 5.32 Å². The lowest BCUT2D eigenvalue weighted by Gasteiger charge is -2.21. The monoisotopic (exact) mass is 353 g/mol. The molecule has 18 heavy (non-hydrogen) atoms. The number of rotatable bonds is 3. The van der Waals surface area contributed by atoms with Crippen LogP contribution in [-0.4, -0.2) is 25.3 Å². The zero-order valence-corrected chi connectivity index (χ0v) is 13.3. The van der Waals surface area contributed by atoms with Crippen molar-refractivity contribution in [2.45, 2.75) is 18.6 Å². The van der Waals surface area contributed by atoms with E-state index >= 15 is 0 Å². The van der Waals surface area contributed by atoms with Crippen LogP contribution in [-0.2, 0) is 14.6 Å². The summed E-state index contributed by atoms with van der Waals surface area (Å²) in [5.41, 5.74) is 0.449. The number of carbonyl (C=O) groups excluding carboxylic acids is 1. The maximum atomic E-state index is 11.9. The average Bonchev–Trinajstić information content (AvgIpc) is 2.21. The Bertz CT molecular complexity index is 584. The molecular weight excluding hydrogens is 342 g/mol. The Morgan fingerprint density at radius 3 is 2.39 bits per heavy atom. The van der Waals surface area contributed by atoms with Gasteiger partial charge in [-0.1, -0.05) is 11.6 Å². The van der Waals surface area contributed by atoms with Crippen molar-refractivity contribution in [1.82, 2.24) is 0 Å². The van der Waals surface area contributed by atoms with Gasteiger partial charge in [-0.25, -0.2) is 8.42 Å². The molecule has 7 heteroatoms. The molecule has 4 nitrogen and oxygen atoms in total. The molecule has 0 aromatic heterocycles. The van der Waals surface area contributed by atoms with Crippen molar-refractivity contribution in [3.8, 4) is 0 Å². The fourth-order valence-corrected chi connectivity index (χ4v) is 1.84. The van der Waals surface area contributed by atoms with Gasteiger partial charge in [0.25, 0.3) is 0 Å². The van der Waals surface area contributed by atoms with Gasteiger partial charge in [0, 0.05) is 16.4 Å². The molecule has 0 unspecified atom stereocenters. The predicted octanol–water partition coefficient (Wildman–Crippen LogP) is 2.86. The number of carbonyl (C=O) groups is 1. The van der Waals surface area contributed by atoms with Gasteiger partial charge in [0.05, 0.1) is 5.02 Å². The van der Waals surface area contributed by atoms with Crippen LogP contribution in [0.25, 0.3) is 0 Å². The molecule has 1 N–H and O–H groups in total. The minimum Gasteiger partial charge on any atom is -0.325 e. The predicted molar refractivity (Wildman–Crippen MR) is 76.7 cm³/mol. The van der Waals surface area contributed by atoms with Crippen LogP contribution in [0.2, 0.25) is 5.02 Å². The minimum absolute atomic E-state index is 0.435. The fraction of sp³-hybridized carbons (Fsp3) is 0.364. The standard InChI is InChI=1S/C11H13BrClNO3S/c1-11(2,18(3,16)17)10(15)14-7-4-5-8(12)9(13)6-7/h4-6H,1-3H3,(H,14,15). The van der Waals surface area contributed by atoms with Crippen molar-refractivity contribution < 1.29 is 13.2 Å². The summed E-state index contributed by atoms with van der Waals surface area (Å²) in [6.07, 6.45) is 1.03. The number of amides is 1. The van der Waals surface area contributed by atoms with Crippen LogP contribution in [0, 0.1) is 0 Å². The lowest BCUT2D eigenvalue weighted by atomic mass is 10.2. The van der Waals surface area contributed by atoms with Crippen molar-refractivity contribution in [3.05, 3.63) is 27.7 Å². The molecule has 100 valence electrons. The van der Waals surface area contributed by atoms with Crippen molar-refractivity contribution in [1.29, 1.82) is 0 Å². The maximum Gasteiger partial charge on any atom is 0.245 e. The number of hydrogen-bond acceptors (Lipinski definition) is 3. The van der Waals surface area contributed by atoms with Gasteiger partial charge in [0.15, 0.2) is 9.84 Å².